The highest BCUT2D eigenvalue weighted by atomic mass is 79.9. The molecule has 33 valence electrons. The van der Waals surface area contributed by atoms with Crippen molar-refractivity contribution in [1.29, 1.82) is 0 Å². The molecule has 0 aromatic heterocycles. The second-order valence-electron chi connectivity index (χ2n) is 0.911. The van der Waals surface area contributed by atoms with Crippen LogP contribution in [0.15, 0.2) is 10.7 Å². The monoisotopic (exact) mass is 148 g/mol. The Morgan fingerprint density at radius 3 is 3.00 bits per heavy atom. The molecule has 3 heteroatoms. The lowest BCUT2D eigenvalue weighted by atomic mass is 10.7. The molecule has 0 fully saturated rings. The van der Waals surface area contributed by atoms with E-state index >= 15 is 0 Å². The average molecular weight is 149 g/mol. The van der Waals surface area contributed by atoms with Crippen LogP contribution in [0.2, 0.25) is 0 Å². The van der Waals surface area contributed by atoms with Crippen LogP contribution >= 0.6 is 15.9 Å². The third kappa shape index (κ3) is 0.725. The number of hydroxylamine groups is 1. The minimum atomic E-state index is 0.681. The summed E-state index contributed by atoms with van der Waals surface area (Å²) in [5.74, 6) is 0. The van der Waals surface area contributed by atoms with E-state index < -0.39 is 0 Å². The summed E-state index contributed by atoms with van der Waals surface area (Å²) in [5.41, 5.74) is 3.52. The zero-order valence-corrected chi connectivity index (χ0v) is 4.60. The standard InChI is InChI=1S/C3H3BrNO/c4-3-1-2-5-6-3/h1H,2H2. The van der Waals surface area contributed by atoms with Crippen molar-refractivity contribution >= 4 is 15.9 Å². The van der Waals surface area contributed by atoms with Crippen LogP contribution in [0, 0.1) is 0 Å². The summed E-state index contributed by atoms with van der Waals surface area (Å²) in [7, 11) is 0. The number of nitrogens with zero attached hydrogens (tertiary/aromatic N) is 1. The molecule has 1 heterocycles. The molecule has 1 aliphatic rings. The molecule has 1 aliphatic heterocycles. The van der Waals surface area contributed by atoms with Gasteiger partial charge in [0.15, 0.2) is 4.67 Å². The first-order valence-corrected chi connectivity index (χ1v) is 2.38. The van der Waals surface area contributed by atoms with Crippen molar-refractivity contribution in [2.24, 2.45) is 0 Å². The van der Waals surface area contributed by atoms with Gasteiger partial charge in [0.25, 0.3) is 0 Å². The fourth-order valence-corrected chi connectivity index (χ4v) is 0.492. The maximum absolute atomic E-state index is 4.56. The van der Waals surface area contributed by atoms with Crippen LogP contribution < -0.4 is 5.48 Å². The summed E-state index contributed by atoms with van der Waals surface area (Å²) in [4.78, 5) is 4.56. The van der Waals surface area contributed by atoms with Crippen LogP contribution in [0.4, 0.5) is 0 Å². The highest BCUT2D eigenvalue weighted by molar-refractivity contribution is 9.11. The van der Waals surface area contributed by atoms with Gasteiger partial charge in [0, 0.05) is 0 Å². The molecular weight excluding hydrogens is 146 g/mol. The van der Waals surface area contributed by atoms with Crippen LogP contribution in [0.5, 0.6) is 0 Å². The van der Waals surface area contributed by atoms with E-state index in [4.69, 9.17) is 0 Å². The molecule has 0 aliphatic carbocycles. The van der Waals surface area contributed by atoms with Gasteiger partial charge in [0.2, 0.25) is 0 Å². The van der Waals surface area contributed by atoms with Crippen LogP contribution in [-0.2, 0) is 4.84 Å². The highest BCUT2D eigenvalue weighted by Gasteiger charge is 1.98. The Morgan fingerprint density at radius 2 is 2.83 bits per heavy atom. The summed E-state index contributed by atoms with van der Waals surface area (Å²) in [5, 5.41) is 0. The average Bonchev–Trinajstić information content (AvgIpc) is 1.86. The molecular formula is C3H3BrNO. The van der Waals surface area contributed by atoms with Gasteiger partial charge in [-0.1, -0.05) is 0 Å². The molecule has 0 spiro atoms. The van der Waals surface area contributed by atoms with Crippen molar-refractivity contribution in [2.45, 2.75) is 0 Å². The molecule has 6 heavy (non-hydrogen) atoms. The van der Waals surface area contributed by atoms with E-state index in [0.29, 0.717) is 6.54 Å². The molecule has 0 unspecified atom stereocenters. The van der Waals surface area contributed by atoms with Crippen molar-refractivity contribution in [3.8, 4) is 0 Å². The SMILES string of the molecule is BrC1=CC[N]O1. The van der Waals surface area contributed by atoms with Gasteiger partial charge < -0.3 is 4.84 Å². The smallest absolute Gasteiger partial charge is 0.189 e. The fraction of sp³-hybridized carbons (Fsp3) is 0.333. The molecule has 0 amide bonds. The summed E-state index contributed by atoms with van der Waals surface area (Å²) >= 11 is 3.08. The zero-order chi connectivity index (χ0) is 4.41. The van der Waals surface area contributed by atoms with E-state index in [1.807, 2.05) is 6.08 Å². The molecule has 0 saturated heterocycles. The minimum Gasteiger partial charge on any atom is -0.381 e. The molecule has 1 radical (unpaired) electrons. The molecule has 0 saturated carbocycles. The molecule has 0 bridgehead atoms. The lowest BCUT2D eigenvalue weighted by Gasteiger charge is -1.84. The molecule has 0 atom stereocenters. The number of halogens is 1. The van der Waals surface area contributed by atoms with Gasteiger partial charge in [-0.2, -0.15) is 0 Å². The zero-order valence-electron chi connectivity index (χ0n) is 3.02. The predicted octanol–water partition coefficient (Wildman–Crippen LogP) is 0.772. The van der Waals surface area contributed by atoms with E-state index in [0.717, 1.165) is 4.67 Å². The van der Waals surface area contributed by atoms with E-state index in [9.17, 15) is 0 Å². The van der Waals surface area contributed by atoms with Gasteiger partial charge in [0.1, 0.15) is 0 Å². The number of hydrogen-bond donors (Lipinski definition) is 0. The molecule has 2 nitrogen and oxygen atoms in total. The second kappa shape index (κ2) is 1.62. The summed E-state index contributed by atoms with van der Waals surface area (Å²) < 4.78 is 0.725. The molecule has 0 N–H and O–H groups in total. The van der Waals surface area contributed by atoms with E-state index in [2.05, 4.69) is 26.2 Å². The number of hydrogen-bond acceptors (Lipinski definition) is 1. The molecule has 0 aromatic rings. The third-order valence-corrected chi connectivity index (χ3v) is 0.947. The van der Waals surface area contributed by atoms with Crippen molar-refractivity contribution in [3.63, 3.8) is 0 Å². The van der Waals surface area contributed by atoms with Gasteiger partial charge in [-0.25, -0.2) is 0 Å². The fourth-order valence-electron chi connectivity index (χ4n) is 0.245. The predicted molar refractivity (Wildman–Crippen MR) is 25.1 cm³/mol. The maximum atomic E-state index is 4.56. The normalized spacial score (nSPS) is 19.8. The van der Waals surface area contributed by atoms with Gasteiger partial charge >= 0.3 is 0 Å². The summed E-state index contributed by atoms with van der Waals surface area (Å²) in [6, 6.07) is 0. The van der Waals surface area contributed by atoms with Crippen LogP contribution in [0.3, 0.4) is 0 Å². The lowest BCUT2D eigenvalue weighted by Crippen LogP contribution is -1.92. The minimum absolute atomic E-state index is 0.681. The summed E-state index contributed by atoms with van der Waals surface area (Å²) in [6.07, 6.45) is 1.85. The number of rotatable bonds is 0. The topological polar surface area (TPSA) is 23.3 Å². The van der Waals surface area contributed by atoms with Crippen molar-refractivity contribution in [1.82, 2.24) is 5.48 Å². The van der Waals surface area contributed by atoms with E-state index in [1.165, 1.54) is 0 Å². The Balaban J connectivity index is 2.45. The Hall–Kier alpha value is -0.0200. The lowest BCUT2D eigenvalue weighted by molar-refractivity contribution is 0.152. The van der Waals surface area contributed by atoms with Gasteiger partial charge in [-0.05, 0) is 27.5 Å². The third-order valence-electron chi connectivity index (χ3n) is 0.478. The van der Waals surface area contributed by atoms with Crippen LogP contribution in [-0.4, -0.2) is 6.54 Å². The van der Waals surface area contributed by atoms with Crippen LogP contribution in [0.25, 0.3) is 0 Å². The first-order chi connectivity index (χ1) is 2.89. The first-order valence-electron chi connectivity index (χ1n) is 1.59. The molecule has 0 aromatic carbocycles. The van der Waals surface area contributed by atoms with E-state index in [-0.39, 0.29) is 0 Å². The van der Waals surface area contributed by atoms with Gasteiger partial charge in [-0.15, -0.1) is 0 Å². The van der Waals surface area contributed by atoms with Crippen LogP contribution in [0.1, 0.15) is 0 Å². The van der Waals surface area contributed by atoms with Crippen molar-refractivity contribution < 1.29 is 4.84 Å². The molecule has 1 rings (SSSR count). The maximum Gasteiger partial charge on any atom is 0.189 e. The largest absolute Gasteiger partial charge is 0.381 e. The first kappa shape index (κ1) is 4.15. The van der Waals surface area contributed by atoms with E-state index in [1.54, 1.807) is 0 Å². The van der Waals surface area contributed by atoms with Crippen molar-refractivity contribution in [3.05, 3.63) is 10.7 Å². The quantitative estimate of drug-likeness (QED) is 0.498. The Labute approximate surface area is 44.3 Å². The van der Waals surface area contributed by atoms with Crippen molar-refractivity contribution in [2.75, 3.05) is 6.54 Å². The van der Waals surface area contributed by atoms with Gasteiger partial charge in [0.05, 0.1) is 6.54 Å². The van der Waals surface area contributed by atoms with Gasteiger partial charge in [-0.3, -0.25) is 0 Å². The summed E-state index contributed by atoms with van der Waals surface area (Å²) in [6.45, 7) is 0.681. The second-order valence-corrected chi connectivity index (χ2v) is 1.69. The highest BCUT2D eigenvalue weighted by Crippen LogP contribution is 2.08. The Morgan fingerprint density at radius 1 is 2.00 bits per heavy atom. The Kier molecular flexibility index (Phi) is 1.12. The Bertz CT molecular complexity index is 80.9.